The van der Waals surface area contributed by atoms with Crippen LogP contribution in [-0.4, -0.2) is 58.1 Å². The molecule has 0 saturated carbocycles. The molecule has 1 aromatic rings. The molecule has 1 saturated heterocycles. The molecule has 0 aliphatic carbocycles. The van der Waals surface area contributed by atoms with Crippen molar-refractivity contribution >= 4 is 0 Å². The van der Waals surface area contributed by atoms with E-state index in [4.69, 9.17) is 0 Å². The van der Waals surface area contributed by atoms with Crippen molar-refractivity contribution in [1.29, 1.82) is 0 Å². The van der Waals surface area contributed by atoms with Crippen LogP contribution in [0, 0.1) is 0 Å². The maximum absolute atomic E-state index is 9.97. The first-order chi connectivity index (χ1) is 9.15. The molecule has 1 heterocycles. The lowest BCUT2D eigenvalue weighted by atomic mass is 9.99. The third-order valence-corrected chi connectivity index (χ3v) is 3.52. The highest BCUT2D eigenvalue weighted by molar-refractivity contribution is 5.54. The van der Waals surface area contributed by atoms with Crippen LogP contribution in [0.3, 0.4) is 0 Å². The van der Waals surface area contributed by atoms with E-state index in [2.05, 4.69) is 10.2 Å². The Hall–Kier alpha value is -1.50. The maximum atomic E-state index is 9.97. The normalized spacial score (nSPS) is 18.4. The zero-order chi connectivity index (χ0) is 13.8. The summed E-state index contributed by atoms with van der Waals surface area (Å²) in [5.74, 6) is -1.16. The average Bonchev–Trinajstić information content (AvgIpc) is 2.44. The first-order valence-corrected chi connectivity index (χ1v) is 6.44. The number of phenolic OH excluding ortho intramolecular Hbond substituents is 3. The summed E-state index contributed by atoms with van der Waals surface area (Å²) in [6, 6.07) is 2.78. The van der Waals surface area contributed by atoms with Crippen molar-refractivity contribution in [1.82, 2.24) is 10.2 Å². The number of nitrogens with one attached hydrogen (secondary N) is 1. The number of rotatable bonds is 4. The third-order valence-electron chi connectivity index (χ3n) is 3.52. The molecule has 1 aromatic carbocycles. The van der Waals surface area contributed by atoms with E-state index >= 15 is 0 Å². The lowest BCUT2D eigenvalue weighted by Gasteiger charge is -2.35. The monoisotopic (exact) mass is 268 g/mol. The second-order valence-electron chi connectivity index (χ2n) is 4.69. The van der Waals surface area contributed by atoms with Gasteiger partial charge in [-0.3, -0.25) is 4.90 Å². The number of hydrogen-bond donors (Lipinski definition) is 5. The number of benzene rings is 1. The molecule has 1 atom stereocenters. The number of aromatic hydroxyl groups is 3. The highest BCUT2D eigenvalue weighted by Gasteiger charge is 2.26. The van der Waals surface area contributed by atoms with Gasteiger partial charge in [-0.05, 0) is 18.6 Å². The van der Waals surface area contributed by atoms with Gasteiger partial charge in [-0.2, -0.15) is 0 Å². The van der Waals surface area contributed by atoms with Crippen molar-refractivity contribution in [3.8, 4) is 17.2 Å². The molecule has 0 aromatic heterocycles. The van der Waals surface area contributed by atoms with Crippen molar-refractivity contribution in [3.05, 3.63) is 17.7 Å². The summed E-state index contributed by atoms with van der Waals surface area (Å²) < 4.78 is 0. The summed E-state index contributed by atoms with van der Waals surface area (Å²) in [6.45, 7) is 3.33. The Morgan fingerprint density at radius 1 is 1.11 bits per heavy atom. The second kappa shape index (κ2) is 6.10. The van der Waals surface area contributed by atoms with E-state index in [1.807, 2.05) is 0 Å². The molecule has 0 bridgehead atoms. The number of nitrogens with zero attached hydrogens (tertiary/aromatic N) is 1. The predicted octanol–water partition coefficient (Wildman–Crippen LogP) is 0.132. The van der Waals surface area contributed by atoms with Crippen LogP contribution >= 0.6 is 0 Å². The van der Waals surface area contributed by atoms with E-state index in [0.717, 1.165) is 26.2 Å². The van der Waals surface area contributed by atoms with Gasteiger partial charge in [-0.25, -0.2) is 0 Å². The Balaban J connectivity index is 2.30. The van der Waals surface area contributed by atoms with E-state index in [9.17, 15) is 20.4 Å². The van der Waals surface area contributed by atoms with Crippen molar-refractivity contribution in [2.45, 2.75) is 12.5 Å². The zero-order valence-electron chi connectivity index (χ0n) is 10.7. The van der Waals surface area contributed by atoms with Crippen LogP contribution in [0.2, 0.25) is 0 Å². The van der Waals surface area contributed by atoms with Gasteiger partial charge in [0.2, 0.25) is 5.75 Å². The Labute approximate surface area is 111 Å². The highest BCUT2D eigenvalue weighted by Crippen LogP contribution is 2.42. The van der Waals surface area contributed by atoms with Gasteiger partial charge in [0.15, 0.2) is 11.5 Å². The molecule has 0 unspecified atom stereocenters. The summed E-state index contributed by atoms with van der Waals surface area (Å²) in [4.78, 5) is 2.15. The molecule has 19 heavy (non-hydrogen) atoms. The molecule has 6 nitrogen and oxygen atoms in total. The average molecular weight is 268 g/mol. The molecular formula is C13H20N2O4. The summed E-state index contributed by atoms with van der Waals surface area (Å²) in [5.41, 5.74) is 0.534. The smallest absolute Gasteiger partial charge is 0.200 e. The van der Waals surface area contributed by atoms with Crippen LogP contribution in [0.1, 0.15) is 18.0 Å². The minimum absolute atomic E-state index is 0.00429. The molecule has 6 heteroatoms. The molecule has 2 rings (SSSR count). The standard InChI is InChI=1S/C13H20N2O4/c16-8-3-10(15-6-4-14-5-7-15)9-1-2-11(17)13(19)12(9)18/h1-2,10,14,16-19H,3-8H2/t10-/m1/s1. The Morgan fingerprint density at radius 3 is 2.42 bits per heavy atom. The Kier molecular flexibility index (Phi) is 4.47. The van der Waals surface area contributed by atoms with Crippen LogP contribution in [0.25, 0.3) is 0 Å². The quantitative estimate of drug-likeness (QED) is 0.498. The molecule has 0 spiro atoms. The fraction of sp³-hybridized carbons (Fsp3) is 0.538. The first-order valence-electron chi connectivity index (χ1n) is 6.44. The number of piperazine rings is 1. The fourth-order valence-electron chi connectivity index (χ4n) is 2.50. The minimum atomic E-state index is -0.504. The van der Waals surface area contributed by atoms with E-state index in [1.165, 1.54) is 6.07 Å². The molecule has 1 fully saturated rings. The summed E-state index contributed by atoms with van der Waals surface area (Å²) in [5, 5.41) is 41.4. The largest absolute Gasteiger partial charge is 0.504 e. The van der Waals surface area contributed by atoms with Crippen molar-refractivity contribution < 1.29 is 20.4 Å². The van der Waals surface area contributed by atoms with Crippen LogP contribution in [0.4, 0.5) is 0 Å². The van der Waals surface area contributed by atoms with E-state index in [0.29, 0.717) is 12.0 Å². The Bertz CT molecular complexity index is 433. The molecule has 5 N–H and O–H groups in total. The summed E-state index contributed by atoms with van der Waals surface area (Å²) in [7, 11) is 0. The van der Waals surface area contributed by atoms with Gasteiger partial charge in [0.05, 0.1) is 0 Å². The SMILES string of the molecule is OCC[C@H](c1ccc(O)c(O)c1O)N1CCNCC1. The van der Waals surface area contributed by atoms with Gasteiger partial charge >= 0.3 is 0 Å². The third kappa shape index (κ3) is 2.91. The lowest BCUT2D eigenvalue weighted by Crippen LogP contribution is -2.45. The van der Waals surface area contributed by atoms with Crippen molar-refractivity contribution in [3.63, 3.8) is 0 Å². The molecule has 1 aliphatic rings. The topological polar surface area (TPSA) is 96.2 Å². The van der Waals surface area contributed by atoms with Gasteiger partial charge in [0.25, 0.3) is 0 Å². The number of phenols is 3. The van der Waals surface area contributed by atoms with Gasteiger partial charge in [0.1, 0.15) is 0 Å². The predicted molar refractivity (Wildman–Crippen MR) is 70.3 cm³/mol. The van der Waals surface area contributed by atoms with Crippen molar-refractivity contribution in [2.75, 3.05) is 32.8 Å². The molecule has 106 valence electrons. The lowest BCUT2D eigenvalue weighted by molar-refractivity contribution is 0.138. The van der Waals surface area contributed by atoms with Gasteiger partial charge < -0.3 is 25.7 Å². The maximum Gasteiger partial charge on any atom is 0.200 e. The van der Waals surface area contributed by atoms with Crippen LogP contribution in [0.15, 0.2) is 12.1 Å². The first kappa shape index (κ1) is 13.9. The molecular weight excluding hydrogens is 248 g/mol. The van der Waals surface area contributed by atoms with Crippen LogP contribution in [-0.2, 0) is 0 Å². The molecule has 0 radical (unpaired) electrons. The zero-order valence-corrected chi connectivity index (χ0v) is 10.7. The van der Waals surface area contributed by atoms with Gasteiger partial charge in [-0.15, -0.1) is 0 Å². The summed E-state index contributed by atoms with van der Waals surface area (Å²) in [6.07, 6.45) is 0.470. The number of aliphatic hydroxyl groups excluding tert-OH is 1. The van der Waals surface area contributed by atoms with E-state index < -0.39 is 5.75 Å². The van der Waals surface area contributed by atoms with Crippen molar-refractivity contribution in [2.24, 2.45) is 0 Å². The number of hydrogen-bond acceptors (Lipinski definition) is 6. The van der Waals surface area contributed by atoms with Gasteiger partial charge in [0, 0.05) is 44.4 Å². The van der Waals surface area contributed by atoms with Crippen LogP contribution < -0.4 is 5.32 Å². The molecule has 1 aliphatic heterocycles. The van der Waals surface area contributed by atoms with Gasteiger partial charge in [-0.1, -0.05) is 0 Å². The summed E-state index contributed by atoms with van der Waals surface area (Å²) >= 11 is 0. The highest BCUT2D eigenvalue weighted by atomic mass is 16.3. The fourth-order valence-corrected chi connectivity index (χ4v) is 2.50. The van der Waals surface area contributed by atoms with Crippen LogP contribution in [0.5, 0.6) is 17.2 Å². The Morgan fingerprint density at radius 2 is 1.79 bits per heavy atom. The van der Waals surface area contributed by atoms with E-state index in [-0.39, 0.29) is 24.1 Å². The van der Waals surface area contributed by atoms with E-state index in [1.54, 1.807) is 6.07 Å². The molecule has 0 amide bonds. The number of aliphatic hydroxyl groups is 1. The second-order valence-corrected chi connectivity index (χ2v) is 4.69. The minimum Gasteiger partial charge on any atom is -0.504 e.